The van der Waals surface area contributed by atoms with Gasteiger partial charge in [-0.3, -0.25) is 0 Å². The molecule has 1 unspecified atom stereocenters. The van der Waals surface area contributed by atoms with Crippen LogP contribution in [-0.4, -0.2) is 47.1 Å². The summed E-state index contributed by atoms with van der Waals surface area (Å²) in [6, 6.07) is -0.229. The van der Waals surface area contributed by atoms with Gasteiger partial charge in [-0.25, -0.2) is 4.39 Å². The van der Waals surface area contributed by atoms with E-state index in [0.29, 0.717) is 0 Å². The minimum atomic E-state index is -8.32. The fourth-order valence-electron chi connectivity index (χ4n) is 2.33. The third-order valence-corrected chi connectivity index (χ3v) is 4.27. The molecule has 0 saturated carbocycles. The number of hydrogen-bond donors (Lipinski definition) is 1. The molecule has 0 saturated heterocycles. The predicted octanol–water partition coefficient (Wildman–Crippen LogP) is 6.70. The van der Waals surface area contributed by atoms with Crippen LogP contribution in [0.4, 0.5) is 74.6 Å². The summed E-state index contributed by atoms with van der Waals surface area (Å²) in [5.41, 5.74) is -7.23. The first-order valence-corrected chi connectivity index (χ1v) is 7.71. The Bertz CT molecular complexity index is 835. The molecule has 1 atom stereocenters. The Morgan fingerprint density at radius 1 is 0.515 bits per heavy atom. The number of alkyl halides is 16. The third kappa shape index (κ3) is 4.29. The molecule has 1 N–H and O–H groups in total. The van der Waals surface area contributed by atoms with Gasteiger partial charge in [0.05, 0.1) is 6.42 Å². The second-order valence-corrected chi connectivity index (χ2v) is 6.54. The van der Waals surface area contributed by atoms with Crippen LogP contribution in [0.1, 0.15) is 12.0 Å². The molecule has 33 heavy (non-hydrogen) atoms. The van der Waals surface area contributed by atoms with Crippen molar-refractivity contribution in [2.45, 2.75) is 54.0 Å². The maximum Gasteiger partial charge on any atom is 0.460 e. The Morgan fingerprint density at radius 3 is 1.21 bits per heavy atom. The second kappa shape index (κ2) is 7.76. The Balaban J connectivity index is 3.65. The molecular weight excluding hydrogens is 519 g/mol. The summed E-state index contributed by atoms with van der Waals surface area (Å²) in [6.07, 6.45) is -18.1. The fraction of sp³-hybridized carbons (Fsp3) is 0.600. The van der Waals surface area contributed by atoms with Crippen molar-refractivity contribution >= 4 is 0 Å². The smallest absolute Gasteiger partial charge is 0.376 e. The first-order chi connectivity index (χ1) is 14.2. The van der Waals surface area contributed by atoms with Gasteiger partial charge in [-0.2, -0.15) is 70.2 Å². The molecule has 1 aromatic rings. The Kier molecular flexibility index (Phi) is 6.82. The molecule has 1 rings (SSSR count). The van der Waals surface area contributed by atoms with Crippen LogP contribution in [0.15, 0.2) is 24.3 Å². The first-order valence-electron chi connectivity index (χ1n) is 7.71. The van der Waals surface area contributed by atoms with Crippen molar-refractivity contribution in [1.29, 1.82) is 0 Å². The molecule has 1 nitrogen and oxygen atoms in total. The molecule has 0 aliphatic rings. The third-order valence-electron chi connectivity index (χ3n) is 4.27. The SMILES string of the molecule is OC(CC(F)(F)C(F)(F)C(F)(F)C(F)(F)C(F)(F)C(F)(F)F)(c1ccc(F)cc1)C(F)(F)F. The molecule has 0 amide bonds. The lowest BCUT2D eigenvalue weighted by Crippen LogP contribution is -2.70. The van der Waals surface area contributed by atoms with Gasteiger partial charge in [-0.15, -0.1) is 0 Å². The van der Waals surface area contributed by atoms with Crippen molar-refractivity contribution in [2.75, 3.05) is 0 Å². The van der Waals surface area contributed by atoms with E-state index in [9.17, 15) is 79.7 Å². The number of halogens is 17. The van der Waals surface area contributed by atoms with Crippen molar-refractivity contribution in [2.24, 2.45) is 0 Å². The van der Waals surface area contributed by atoms with Crippen LogP contribution in [0.25, 0.3) is 0 Å². The largest absolute Gasteiger partial charge is 0.460 e. The topological polar surface area (TPSA) is 20.2 Å². The molecule has 0 aliphatic heterocycles. The molecule has 0 spiro atoms. The highest BCUT2D eigenvalue weighted by Crippen LogP contribution is 2.62. The molecule has 1 aromatic carbocycles. The molecule has 0 aromatic heterocycles. The van der Waals surface area contributed by atoms with Crippen LogP contribution in [0.5, 0.6) is 0 Å². The van der Waals surface area contributed by atoms with E-state index in [-0.39, 0.29) is 24.3 Å². The van der Waals surface area contributed by atoms with Gasteiger partial charge < -0.3 is 5.11 Å². The van der Waals surface area contributed by atoms with Gasteiger partial charge in [-0.1, -0.05) is 12.1 Å². The summed E-state index contributed by atoms with van der Waals surface area (Å²) in [5.74, 6) is -41.3. The van der Waals surface area contributed by atoms with Gasteiger partial charge in [0, 0.05) is 0 Å². The van der Waals surface area contributed by atoms with Crippen LogP contribution in [0.3, 0.4) is 0 Å². The monoisotopic (exact) mass is 526 g/mol. The van der Waals surface area contributed by atoms with E-state index >= 15 is 0 Å². The summed E-state index contributed by atoms with van der Waals surface area (Å²) in [5, 5.41) is 9.55. The number of benzene rings is 1. The highest BCUT2D eigenvalue weighted by molar-refractivity contribution is 5.26. The van der Waals surface area contributed by atoms with E-state index in [1.54, 1.807) is 0 Å². The molecule has 18 heteroatoms. The Morgan fingerprint density at radius 2 is 0.879 bits per heavy atom. The summed E-state index contributed by atoms with van der Waals surface area (Å²) in [6.45, 7) is 0. The van der Waals surface area contributed by atoms with Crippen LogP contribution < -0.4 is 0 Å². The van der Waals surface area contributed by atoms with Gasteiger partial charge >= 0.3 is 42.0 Å². The quantitative estimate of drug-likeness (QED) is 0.392. The van der Waals surface area contributed by atoms with Crippen molar-refractivity contribution in [3.8, 4) is 0 Å². The minimum Gasteiger partial charge on any atom is -0.376 e. The predicted molar refractivity (Wildman–Crippen MR) is 71.8 cm³/mol. The van der Waals surface area contributed by atoms with Crippen molar-refractivity contribution < 1.29 is 79.7 Å². The van der Waals surface area contributed by atoms with E-state index in [0.717, 1.165) is 0 Å². The Labute approximate surface area is 170 Å². The maximum absolute atomic E-state index is 13.9. The maximum atomic E-state index is 13.9. The number of aliphatic hydroxyl groups is 1. The zero-order chi connectivity index (χ0) is 26.7. The summed E-state index contributed by atoms with van der Waals surface area (Å²) in [7, 11) is 0. The van der Waals surface area contributed by atoms with Crippen LogP contribution >= 0.6 is 0 Å². The van der Waals surface area contributed by atoms with Crippen LogP contribution in [0, 0.1) is 5.82 Å². The van der Waals surface area contributed by atoms with Gasteiger partial charge in [0.25, 0.3) is 0 Å². The summed E-state index contributed by atoms with van der Waals surface area (Å²) < 4.78 is 222. The van der Waals surface area contributed by atoms with Crippen LogP contribution in [0.2, 0.25) is 0 Å². The van der Waals surface area contributed by atoms with Gasteiger partial charge in [0.15, 0.2) is 5.60 Å². The minimum absolute atomic E-state index is 0.0367. The van der Waals surface area contributed by atoms with E-state index in [2.05, 4.69) is 0 Å². The molecule has 0 heterocycles. The molecule has 0 aliphatic carbocycles. The fourth-order valence-corrected chi connectivity index (χ4v) is 2.33. The number of hydrogen-bond acceptors (Lipinski definition) is 1. The normalized spacial score (nSPS) is 17.2. The lowest BCUT2D eigenvalue weighted by molar-refractivity contribution is -0.443. The van der Waals surface area contributed by atoms with E-state index in [1.807, 2.05) is 0 Å². The lowest BCUT2D eigenvalue weighted by atomic mass is 9.82. The van der Waals surface area contributed by atoms with Crippen molar-refractivity contribution in [3.63, 3.8) is 0 Å². The first kappa shape index (κ1) is 29.0. The zero-order valence-electron chi connectivity index (χ0n) is 14.9. The van der Waals surface area contributed by atoms with Gasteiger partial charge in [0.2, 0.25) is 0 Å². The van der Waals surface area contributed by atoms with E-state index in [4.69, 9.17) is 0 Å². The van der Waals surface area contributed by atoms with Gasteiger partial charge in [-0.05, 0) is 17.7 Å². The van der Waals surface area contributed by atoms with Gasteiger partial charge in [0.1, 0.15) is 5.82 Å². The van der Waals surface area contributed by atoms with Crippen molar-refractivity contribution in [3.05, 3.63) is 35.6 Å². The van der Waals surface area contributed by atoms with E-state index in [1.165, 1.54) is 0 Å². The van der Waals surface area contributed by atoms with Crippen LogP contribution in [-0.2, 0) is 5.60 Å². The second-order valence-electron chi connectivity index (χ2n) is 6.54. The standard InChI is InChI=1S/C15H7F17O/c16-7-3-1-6(2-4-7)8(33,14(27,28)29)5-9(17,18)10(19,20)11(21,22)12(23,24)13(25,26)15(30,31)32/h1-4,33H,5H2. The van der Waals surface area contributed by atoms with Crippen molar-refractivity contribution in [1.82, 2.24) is 0 Å². The molecule has 0 radical (unpaired) electrons. The summed E-state index contributed by atoms with van der Waals surface area (Å²) >= 11 is 0. The molecule has 192 valence electrons. The Hall–Kier alpha value is -2.01. The molecule has 0 bridgehead atoms. The zero-order valence-corrected chi connectivity index (χ0v) is 14.9. The average molecular weight is 526 g/mol. The lowest BCUT2D eigenvalue weighted by Gasteiger charge is -2.42. The highest BCUT2D eigenvalue weighted by Gasteiger charge is 2.91. The number of rotatable bonds is 7. The highest BCUT2D eigenvalue weighted by atomic mass is 19.4. The molecule has 0 fully saturated rings. The van der Waals surface area contributed by atoms with E-state index < -0.39 is 65.4 Å². The summed E-state index contributed by atoms with van der Waals surface area (Å²) in [4.78, 5) is 0. The molecular formula is C15H7F17O. The average Bonchev–Trinajstić information content (AvgIpc) is 2.59.